The average Bonchev–Trinajstić information content (AvgIpc) is 2.43. The SMILES string of the molecule is CCC(C)C(CN(CC)CCN)c1ccccc1. The fraction of sp³-hybridized carbons (Fsp3) is 0.625. The Morgan fingerprint density at radius 1 is 1.17 bits per heavy atom. The van der Waals surface area contributed by atoms with Gasteiger partial charge in [-0.15, -0.1) is 0 Å². The van der Waals surface area contributed by atoms with E-state index in [0.717, 1.165) is 26.2 Å². The molecule has 1 aromatic rings. The van der Waals surface area contributed by atoms with Crippen LogP contribution in [0.3, 0.4) is 0 Å². The normalized spacial score (nSPS) is 14.7. The molecule has 1 rings (SSSR count). The number of hydrogen-bond donors (Lipinski definition) is 1. The molecule has 0 heterocycles. The molecule has 2 N–H and O–H groups in total. The Morgan fingerprint density at radius 3 is 2.33 bits per heavy atom. The Hall–Kier alpha value is -0.860. The van der Waals surface area contributed by atoms with Gasteiger partial charge in [0.25, 0.3) is 0 Å². The molecule has 0 fully saturated rings. The van der Waals surface area contributed by atoms with E-state index in [1.165, 1.54) is 12.0 Å². The number of nitrogens with zero attached hydrogens (tertiary/aromatic N) is 1. The summed E-state index contributed by atoms with van der Waals surface area (Å²) >= 11 is 0. The monoisotopic (exact) mass is 248 g/mol. The maximum atomic E-state index is 5.69. The molecule has 0 amide bonds. The van der Waals surface area contributed by atoms with E-state index in [0.29, 0.717) is 11.8 Å². The van der Waals surface area contributed by atoms with Crippen LogP contribution in [-0.4, -0.2) is 31.1 Å². The minimum absolute atomic E-state index is 0.614. The second-order valence-corrected chi connectivity index (χ2v) is 5.08. The molecule has 0 aromatic heterocycles. The summed E-state index contributed by atoms with van der Waals surface area (Å²) in [5.41, 5.74) is 7.15. The van der Waals surface area contributed by atoms with Crippen LogP contribution in [0.2, 0.25) is 0 Å². The van der Waals surface area contributed by atoms with Crippen molar-refractivity contribution in [3.8, 4) is 0 Å². The summed E-state index contributed by atoms with van der Waals surface area (Å²) in [5, 5.41) is 0. The second kappa shape index (κ2) is 8.28. The Bertz CT molecular complexity index is 310. The van der Waals surface area contributed by atoms with Crippen LogP contribution in [0.4, 0.5) is 0 Å². The van der Waals surface area contributed by atoms with Crippen LogP contribution < -0.4 is 5.73 Å². The van der Waals surface area contributed by atoms with E-state index < -0.39 is 0 Å². The zero-order valence-electron chi connectivity index (χ0n) is 12.1. The Labute approximate surface area is 112 Å². The molecule has 2 heteroatoms. The van der Waals surface area contributed by atoms with Crippen LogP contribution in [0.25, 0.3) is 0 Å². The molecular weight excluding hydrogens is 220 g/mol. The summed E-state index contributed by atoms with van der Waals surface area (Å²) in [6.45, 7) is 10.8. The molecule has 2 unspecified atom stereocenters. The number of rotatable bonds is 8. The molecule has 0 saturated heterocycles. The maximum absolute atomic E-state index is 5.69. The van der Waals surface area contributed by atoms with E-state index in [4.69, 9.17) is 5.73 Å². The zero-order chi connectivity index (χ0) is 13.4. The largest absolute Gasteiger partial charge is 0.329 e. The molecular formula is C16H28N2. The number of hydrogen-bond acceptors (Lipinski definition) is 2. The third kappa shape index (κ3) is 4.43. The van der Waals surface area contributed by atoms with E-state index in [2.05, 4.69) is 56.0 Å². The summed E-state index contributed by atoms with van der Waals surface area (Å²) in [7, 11) is 0. The van der Waals surface area contributed by atoms with Gasteiger partial charge in [-0.25, -0.2) is 0 Å². The van der Waals surface area contributed by atoms with Crippen molar-refractivity contribution in [1.82, 2.24) is 4.90 Å². The molecule has 0 spiro atoms. The molecule has 0 aliphatic heterocycles. The molecule has 0 aliphatic carbocycles. The van der Waals surface area contributed by atoms with Crippen molar-refractivity contribution in [3.63, 3.8) is 0 Å². The van der Waals surface area contributed by atoms with Crippen molar-refractivity contribution in [2.45, 2.75) is 33.1 Å². The fourth-order valence-electron chi connectivity index (χ4n) is 2.44. The Morgan fingerprint density at radius 2 is 1.83 bits per heavy atom. The van der Waals surface area contributed by atoms with Gasteiger partial charge in [-0.2, -0.15) is 0 Å². The number of likely N-dealkylation sites (N-methyl/N-ethyl adjacent to an activating group) is 1. The van der Waals surface area contributed by atoms with Gasteiger partial charge in [0.05, 0.1) is 0 Å². The first-order chi connectivity index (χ1) is 8.72. The van der Waals surface area contributed by atoms with Crippen LogP contribution in [0.1, 0.15) is 38.7 Å². The van der Waals surface area contributed by atoms with Crippen molar-refractivity contribution in [2.75, 3.05) is 26.2 Å². The molecule has 102 valence electrons. The highest BCUT2D eigenvalue weighted by atomic mass is 15.1. The lowest BCUT2D eigenvalue weighted by Crippen LogP contribution is -2.34. The van der Waals surface area contributed by atoms with Crippen LogP contribution in [0, 0.1) is 5.92 Å². The van der Waals surface area contributed by atoms with Gasteiger partial charge >= 0.3 is 0 Å². The van der Waals surface area contributed by atoms with Crippen molar-refractivity contribution in [1.29, 1.82) is 0 Å². The summed E-state index contributed by atoms with van der Waals surface area (Å²) in [5.74, 6) is 1.32. The van der Waals surface area contributed by atoms with Gasteiger partial charge in [0.15, 0.2) is 0 Å². The molecule has 2 nitrogen and oxygen atoms in total. The molecule has 0 bridgehead atoms. The second-order valence-electron chi connectivity index (χ2n) is 5.08. The Balaban J connectivity index is 2.79. The van der Waals surface area contributed by atoms with E-state index in [1.54, 1.807) is 0 Å². The van der Waals surface area contributed by atoms with Crippen LogP contribution in [0.5, 0.6) is 0 Å². The van der Waals surface area contributed by atoms with Crippen molar-refractivity contribution >= 4 is 0 Å². The average molecular weight is 248 g/mol. The lowest BCUT2D eigenvalue weighted by molar-refractivity contribution is 0.246. The first-order valence-electron chi connectivity index (χ1n) is 7.20. The summed E-state index contributed by atoms with van der Waals surface area (Å²) in [4.78, 5) is 2.46. The van der Waals surface area contributed by atoms with Gasteiger partial charge in [0, 0.05) is 19.6 Å². The molecule has 2 atom stereocenters. The summed E-state index contributed by atoms with van der Waals surface area (Å²) in [6, 6.07) is 10.9. The van der Waals surface area contributed by atoms with Gasteiger partial charge in [-0.05, 0) is 23.9 Å². The smallest absolute Gasteiger partial charge is 0.0105 e. The molecule has 0 radical (unpaired) electrons. The van der Waals surface area contributed by atoms with Gasteiger partial charge in [0.2, 0.25) is 0 Å². The van der Waals surface area contributed by atoms with E-state index in [9.17, 15) is 0 Å². The highest BCUT2D eigenvalue weighted by Crippen LogP contribution is 2.27. The predicted octanol–water partition coefficient (Wildman–Crippen LogP) is 3.10. The zero-order valence-corrected chi connectivity index (χ0v) is 12.1. The fourth-order valence-corrected chi connectivity index (χ4v) is 2.44. The topological polar surface area (TPSA) is 29.3 Å². The molecule has 18 heavy (non-hydrogen) atoms. The number of benzene rings is 1. The van der Waals surface area contributed by atoms with Gasteiger partial charge in [-0.3, -0.25) is 0 Å². The maximum Gasteiger partial charge on any atom is 0.0105 e. The quantitative estimate of drug-likeness (QED) is 0.766. The van der Waals surface area contributed by atoms with Crippen molar-refractivity contribution in [3.05, 3.63) is 35.9 Å². The highest BCUT2D eigenvalue weighted by Gasteiger charge is 2.20. The van der Waals surface area contributed by atoms with Crippen LogP contribution in [0.15, 0.2) is 30.3 Å². The molecule has 0 saturated carbocycles. The predicted molar refractivity (Wildman–Crippen MR) is 79.8 cm³/mol. The third-order valence-corrected chi connectivity index (χ3v) is 3.91. The highest BCUT2D eigenvalue weighted by molar-refractivity contribution is 5.20. The standard InChI is InChI=1S/C16H28N2/c1-4-14(3)16(13-18(5-2)12-11-17)15-9-7-6-8-10-15/h6-10,14,16H,4-5,11-13,17H2,1-3H3. The van der Waals surface area contributed by atoms with E-state index in [1.807, 2.05) is 0 Å². The van der Waals surface area contributed by atoms with Crippen LogP contribution in [-0.2, 0) is 0 Å². The Kier molecular flexibility index (Phi) is 6.99. The lowest BCUT2D eigenvalue weighted by Gasteiger charge is -2.30. The summed E-state index contributed by atoms with van der Waals surface area (Å²) < 4.78 is 0. The molecule has 0 aliphatic rings. The lowest BCUT2D eigenvalue weighted by atomic mass is 9.85. The van der Waals surface area contributed by atoms with E-state index in [-0.39, 0.29) is 0 Å². The number of nitrogens with two attached hydrogens (primary N) is 1. The first-order valence-corrected chi connectivity index (χ1v) is 7.20. The van der Waals surface area contributed by atoms with Crippen molar-refractivity contribution in [2.24, 2.45) is 11.7 Å². The van der Waals surface area contributed by atoms with Gasteiger partial charge < -0.3 is 10.6 Å². The summed E-state index contributed by atoms with van der Waals surface area (Å²) in [6.07, 6.45) is 1.22. The van der Waals surface area contributed by atoms with Gasteiger partial charge in [0.1, 0.15) is 0 Å². The first kappa shape index (κ1) is 15.2. The van der Waals surface area contributed by atoms with Crippen LogP contribution >= 0.6 is 0 Å². The van der Waals surface area contributed by atoms with Gasteiger partial charge in [-0.1, -0.05) is 57.5 Å². The minimum atomic E-state index is 0.614. The molecule has 1 aromatic carbocycles. The third-order valence-electron chi connectivity index (χ3n) is 3.91. The minimum Gasteiger partial charge on any atom is -0.329 e. The van der Waals surface area contributed by atoms with Crippen molar-refractivity contribution < 1.29 is 0 Å². The van der Waals surface area contributed by atoms with E-state index >= 15 is 0 Å².